The highest BCUT2D eigenvalue weighted by Crippen LogP contribution is 2.29. The van der Waals surface area contributed by atoms with Crippen molar-refractivity contribution in [3.63, 3.8) is 0 Å². The van der Waals surface area contributed by atoms with E-state index in [0.29, 0.717) is 6.54 Å². The molecule has 23 heavy (non-hydrogen) atoms. The lowest BCUT2D eigenvalue weighted by Crippen LogP contribution is -2.24. The third-order valence-corrected chi connectivity index (χ3v) is 3.72. The predicted molar refractivity (Wildman–Crippen MR) is 88.5 cm³/mol. The van der Waals surface area contributed by atoms with Gasteiger partial charge in [0.25, 0.3) is 0 Å². The van der Waals surface area contributed by atoms with Gasteiger partial charge in [0.15, 0.2) is 6.29 Å². The van der Waals surface area contributed by atoms with Gasteiger partial charge in [0.1, 0.15) is 0 Å². The fourth-order valence-electron chi connectivity index (χ4n) is 2.46. The Morgan fingerprint density at radius 3 is 2.57 bits per heavy atom. The molecule has 0 aliphatic carbocycles. The summed E-state index contributed by atoms with van der Waals surface area (Å²) < 4.78 is 15.2. The van der Waals surface area contributed by atoms with E-state index in [9.17, 15) is 4.79 Å². The van der Waals surface area contributed by atoms with Crippen molar-refractivity contribution < 1.29 is 19.0 Å². The van der Waals surface area contributed by atoms with E-state index in [1.807, 2.05) is 31.2 Å². The number of rotatable bonds is 7. The van der Waals surface area contributed by atoms with Crippen LogP contribution in [0.2, 0.25) is 0 Å². The molecule has 6 nitrogen and oxygen atoms in total. The number of para-hydroxylation sites is 1. The quantitative estimate of drug-likeness (QED) is 0.624. The number of nitrogens with zero attached hydrogens (tertiary/aromatic N) is 1. The summed E-state index contributed by atoms with van der Waals surface area (Å²) in [6.45, 7) is 2.34. The Labute approximate surface area is 135 Å². The van der Waals surface area contributed by atoms with Crippen molar-refractivity contribution >= 4 is 22.6 Å². The molecular weight excluding hydrogens is 296 g/mol. The number of carbonyl (C=O) groups excluding carboxylic acids is 1. The van der Waals surface area contributed by atoms with Crippen LogP contribution >= 0.6 is 0 Å². The molecule has 0 aliphatic heterocycles. The maximum absolute atomic E-state index is 11.7. The second kappa shape index (κ2) is 7.89. The molecular formula is C17H22N2O4. The average Bonchev–Trinajstić information content (AvgIpc) is 2.57. The van der Waals surface area contributed by atoms with Crippen molar-refractivity contribution in [3.8, 4) is 0 Å². The first-order chi connectivity index (χ1) is 11.1. The SMILES string of the molecule is COC(=O)Cc1c(C)nc2ccccc2c1NCC(OC)OC. The fourth-order valence-corrected chi connectivity index (χ4v) is 2.46. The topological polar surface area (TPSA) is 69.7 Å². The van der Waals surface area contributed by atoms with Crippen LogP contribution in [0.25, 0.3) is 10.9 Å². The summed E-state index contributed by atoms with van der Waals surface area (Å²) in [5.41, 5.74) is 3.34. The molecule has 1 N–H and O–H groups in total. The van der Waals surface area contributed by atoms with Gasteiger partial charge >= 0.3 is 5.97 Å². The van der Waals surface area contributed by atoms with Gasteiger partial charge in [-0.1, -0.05) is 18.2 Å². The molecule has 0 radical (unpaired) electrons. The zero-order valence-electron chi connectivity index (χ0n) is 13.9. The lowest BCUT2D eigenvalue weighted by atomic mass is 10.0. The Bertz CT molecular complexity index is 684. The summed E-state index contributed by atoms with van der Waals surface area (Å²) in [6.07, 6.45) is -0.221. The molecule has 1 heterocycles. The highest BCUT2D eigenvalue weighted by Gasteiger charge is 2.17. The zero-order valence-corrected chi connectivity index (χ0v) is 13.9. The van der Waals surface area contributed by atoms with Crippen LogP contribution < -0.4 is 5.32 Å². The maximum atomic E-state index is 11.7. The number of ether oxygens (including phenoxy) is 3. The summed E-state index contributed by atoms with van der Waals surface area (Å²) >= 11 is 0. The molecule has 0 spiro atoms. The van der Waals surface area contributed by atoms with Crippen molar-refractivity contribution in [2.45, 2.75) is 19.6 Å². The van der Waals surface area contributed by atoms with Crippen molar-refractivity contribution in [2.75, 3.05) is 33.2 Å². The number of methoxy groups -OCH3 is 3. The van der Waals surface area contributed by atoms with E-state index in [1.54, 1.807) is 14.2 Å². The van der Waals surface area contributed by atoms with Crippen LogP contribution in [0.1, 0.15) is 11.3 Å². The Kier molecular flexibility index (Phi) is 5.90. The number of fused-ring (bicyclic) bond motifs is 1. The predicted octanol–water partition coefficient (Wildman–Crippen LogP) is 2.29. The largest absolute Gasteiger partial charge is 0.469 e. The number of hydrogen-bond acceptors (Lipinski definition) is 6. The number of aromatic nitrogens is 1. The molecule has 2 rings (SSSR count). The Hall–Kier alpha value is -2.18. The molecule has 0 fully saturated rings. The molecule has 6 heteroatoms. The summed E-state index contributed by atoms with van der Waals surface area (Å²) in [5, 5.41) is 4.28. The monoisotopic (exact) mass is 318 g/mol. The van der Waals surface area contributed by atoms with Crippen molar-refractivity contribution in [3.05, 3.63) is 35.5 Å². The van der Waals surface area contributed by atoms with Crippen LogP contribution in [-0.4, -0.2) is 45.1 Å². The maximum Gasteiger partial charge on any atom is 0.310 e. The minimum atomic E-state index is -0.381. The minimum Gasteiger partial charge on any atom is -0.469 e. The zero-order chi connectivity index (χ0) is 16.8. The second-order valence-electron chi connectivity index (χ2n) is 5.10. The third kappa shape index (κ3) is 3.97. The Morgan fingerprint density at radius 1 is 1.22 bits per heavy atom. The molecule has 0 atom stereocenters. The highest BCUT2D eigenvalue weighted by molar-refractivity contribution is 5.95. The number of benzene rings is 1. The molecule has 0 bridgehead atoms. The Morgan fingerprint density at radius 2 is 1.91 bits per heavy atom. The first kappa shape index (κ1) is 17.2. The smallest absolute Gasteiger partial charge is 0.310 e. The van der Waals surface area contributed by atoms with Gasteiger partial charge in [-0.2, -0.15) is 0 Å². The van der Waals surface area contributed by atoms with Gasteiger partial charge in [0.05, 0.1) is 25.6 Å². The lowest BCUT2D eigenvalue weighted by Gasteiger charge is -2.19. The van der Waals surface area contributed by atoms with E-state index in [0.717, 1.165) is 27.8 Å². The van der Waals surface area contributed by atoms with Crippen molar-refractivity contribution in [1.82, 2.24) is 4.98 Å². The van der Waals surface area contributed by atoms with Gasteiger partial charge in [-0.05, 0) is 13.0 Å². The average molecular weight is 318 g/mol. The molecule has 0 aliphatic rings. The van der Waals surface area contributed by atoms with Gasteiger partial charge in [0.2, 0.25) is 0 Å². The molecule has 0 unspecified atom stereocenters. The molecule has 0 amide bonds. The number of nitrogens with one attached hydrogen (secondary N) is 1. The van der Waals surface area contributed by atoms with Crippen molar-refractivity contribution in [2.24, 2.45) is 0 Å². The second-order valence-corrected chi connectivity index (χ2v) is 5.10. The molecule has 0 saturated heterocycles. The van der Waals surface area contributed by atoms with Crippen LogP contribution in [-0.2, 0) is 25.4 Å². The number of anilines is 1. The Balaban J connectivity index is 2.46. The van der Waals surface area contributed by atoms with Gasteiger partial charge in [0, 0.05) is 36.6 Å². The number of esters is 1. The molecule has 1 aromatic carbocycles. The minimum absolute atomic E-state index is 0.160. The summed E-state index contributed by atoms with van der Waals surface area (Å²) in [6, 6.07) is 7.79. The van der Waals surface area contributed by atoms with Gasteiger partial charge in [-0.15, -0.1) is 0 Å². The molecule has 124 valence electrons. The van der Waals surface area contributed by atoms with E-state index in [4.69, 9.17) is 14.2 Å². The number of pyridine rings is 1. The van der Waals surface area contributed by atoms with E-state index >= 15 is 0 Å². The van der Waals surface area contributed by atoms with Crippen LogP contribution in [0, 0.1) is 6.92 Å². The van der Waals surface area contributed by atoms with Crippen LogP contribution in [0.15, 0.2) is 24.3 Å². The summed E-state index contributed by atoms with van der Waals surface area (Å²) in [4.78, 5) is 16.3. The lowest BCUT2D eigenvalue weighted by molar-refractivity contribution is -0.139. The highest BCUT2D eigenvalue weighted by atomic mass is 16.7. The van der Waals surface area contributed by atoms with Crippen LogP contribution in [0.4, 0.5) is 5.69 Å². The van der Waals surface area contributed by atoms with Crippen LogP contribution in [0.3, 0.4) is 0 Å². The standard InChI is InChI=1S/C17H22N2O4/c1-11-13(9-15(20)21-2)17(18-10-16(22-3)23-4)12-7-5-6-8-14(12)19-11/h5-8,16H,9-10H2,1-4H3,(H,18,19). The number of carbonyl (C=O) groups is 1. The number of aryl methyl sites for hydroxylation is 1. The van der Waals surface area contributed by atoms with Gasteiger partial charge in [-0.25, -0.2) is 0 Å². The molecule has 2 aromatic rings. The summed E-state index contributed by atoms with van der Waals surface area (Å²) in [5.74, 6) is -0.303. The van der Waals surface area contributed by atoms with Gasteiger partial charge in [-0.3, -0.25) is 9.78 Å². The summed E-state index contributed by atoms with van der Waals surface area (Å²) in [7, 11) is 4.55. The first-order valence-corrected chi connectivity index (χ1v) is 7.35. The van der Waals surface area contributed by atoms with Crippen LogP contribution in [0.5, 0.6) is 0 Å². The fraction of sp³-hybridized carbons (Fsp3) is 0.412. The van der Waals surface area contributed by atoms with Crippen molar-refractivity contribution in [1.29, 1.82) is 0 Å². The molecule has 0 saturated carbocycles. The first-order valence-electron chi connectivity index (χ1n) is 7.35. The van der Waals surface area contributed by atoms with E-state index in [1.165, 1.54) is 7.11 Å². The van der Waals surface area contributed by atoms with E-state index < -0.39 is 0 Å². The third-order valence-electron chi connectivity index (χ3n) is 3.72. The van der Waals surface area contributed by atoms with E-state index in [2.05, 4.69) is 10.3 Å². The normalized spacial score (nSPS) is 11.0. The molecule has 1 aromatic heterocycles. The van der Waals surface area contributed by atoms with Gasteiger partial charge < -0.3 is 19.5 Å². The van der Waals surface area contributed by atoms with E-state index in [-0.39, 0.29) is 18.7 Å². The number of hydrogen-bond donors (Lipinski definition) is 1.